The van der Waals surface area contributed by atoms with Crippen LogP contribution in [-0.4, -0.2) is 15.7 Å². The smallest absolute Gasteiger partial charge is 0.221 e. The van der Waals surface area contributed by atoms with Gasteiger partial charge in [-0.25, -0.2) is 4.68 Å². The minimum Gasteiger partial charge on any atom is -0.369 e. The van der Waals surface area contributed by atoms with Gasteiger partial charge in [0.25, 0.3) is 0 Å². The summed E-state index contributed by atoms with van der Waals surface area (Å²) >= 11 is 11.9. The van der Waals surface area contributed by atoms with Gasteiger partial charge in [-0.3, -0.25) is 4.79 Å². The van der Waals surface area contributed by atoms with Gasteiger partial charge >= 0.3 is 0 Å². The van der Waals surface area contributed by atoms with Crippen LogP contribution in [0.25, 0.3) is 5.69 Å². The third-order valence-electron chi connectivity index (χ3n) is 2.19. The summed E-state index contributed by atoms with van der Waals surface area (Å²) in [6.45, 7) is 0. The van der Waals surface area contributed by atoms with Crippen molar-refractivity contribution in [3.05, 3.63) is 46.2 Å². The molecule has 17 heavy (non-hydrogen) atoms. The second kappa shape index (κ2) is 4.77. The summed E-state index contributed by atoms with van der Waals surface area (Å²) in [6.07, 6.45) is 3.34. The Bertz CT molecular complexity index is 566. The summed E-state index contributed by atoms with van der Waals surface area (Å²) in [6, 6.07) is 5.24. The van der Waals surface area contributed by atoms with Gasteiger partial charge in [-0.15, -0.1) is 0 Å². The van der Waals surface area contributed by atoms with Gasteiger partial charge in [0.05, 0.1) is 28.4 Å². The Morgan fingerprint density at radius 2 is 2.18 bits per heavy atom. The number of carbonyl (C=O) groups is 1. The maximum atomic E-state index is 10.8. The molecule has 0 saturated heterocycles. The monoisotopic (exact) mass is 269 g/mol. The molecule has 0 aliphatic heterocycles. The van der Waals surface area contributed by atoms with E-state index in [-0.39, 0.29) is 6.42 Å². The van der Waals surface area contributed by atoms with Crippen LogP contribution >= 0.6 is 23.2 Å². The summed E-state index contributed by atoms with van der Waals surface area (Å²) in [5.41, 5.74) is 6.58. The molecule has 0 aliphatic rings. The van der Waals surface area contributed by atoms with Crippen molar-refractivity contribution in [3.8, 4) is 5.69 Å². The standard InChI is InChI=1S/C11H9Cl2N3O/c12-8-5-15-16(6-8)10-2-1-7(3-9(10)13)4-11(14)17/h1-3,5-6H,4H2,(H2,14,17). The number of nitrogens with zero attached hydrogens (tertiary/aromatic N) is 2. The lowest BCUT2D eigenvalue weighted by Gasteiger charge is -2.06. The van der Waals surface area contributed by atoms with Gasteiger partial charge in [-0.1, -0.05) is 29.3 Å². The minimum atomic E-state index is -0.393. The molecule has 0 fully saturated rings. The molecule has 88 valence electrons. The van der Waals surface area contributed by atoms with E-state index in [0.29, 0.717) is 15.7 Å². The maximum absolute atomic E-state index is 10.8. The molecule has 1 heterocycles. The fourth-order valence-corrected chi connectivity index (χ4v) is 1.91. The van der Waals surface area contributed by atoms with Crippen LogP contribution in [-0.2, 0) is 11.2 Å². The summed E-state index contributed by atoms with van der Waals surface area (Å²) in [4.78, 5) is 10.8. The number of benzene rings is 1. The van der Waals surface area contributed by atoms with E-state index in [2.05, 4.69) is 5.10 Å². The Morgan fingerprint density at radius 3 is 2.71 bits per heavy atom. The number of rotatable bonds is 3. The first-order chi connectivity index (χ1) is 8.06. The van der Waals surface area contributed by atoms with Crippen LogP contribution in [0.3, 0.4) is 0 Å². The maximum Gasteiger partial charge on any atom is 0.221 e. The van der Waals surface area contributed by atoms with Crippen molar-refractivity contribution in [1.29, 1.82) is 0 Å². The fourth-order valence-electron chi connectivity index (χ4n) is 1.48. The SMILES string of the molecule is NC(=O)Cc1ccc(-n2cc(Cl)cn2)c(Cl)c1. The Morgan fingerprint density at radius 1 is 1.41 bits per heavy atom. The van der Waals surface area contributed by atoms with Gasteiger partial charge in [0, 0.05) is 6.20 Å². The summed E-state index contributed by atoms with van der Waals surface area (Å²) in [5, 5.41) is 5.07. The van der Waals surface area contributed by atoms with E-state index < -0.39 is 5.91 Å². The van der Waals surface area contributed by atoms with Crippen molar-refractivity contribution in [3.63, 3.8) is 0 Å². The first-order valence-electron chi connectivity index (χ1n) is 4.83. The average Bonchev–Trinajstić information content (AvgIpc) is 2.64. The van der Waals surface area contributed by atoms with Crippen LogP contribution in [0.5, 0.6) is 0 Å². The summed E-state index contributed by atoms with van der Waals surface area (Å²) in [7, 11) is 0. The molecule has 6 heteroatoms. The molecule has 2 rings (SSSR count). The third kappa shape index (κ3) is 2.78. The van der Waals surface area contributed by atoms with Crippen molar-refractivity contribution in [2.24, 2.45) is 5.73 Å². The Balaban J connectivity index is 2.34. The van der Waals surface area contributed by atoms with Crippen LogP contribution in [0, 0.1) is 0 Å². The lowest BCUT2D eigenvalue weighted by molar-refractivity contribution is -0.117. The second-order valence-corrected chi connectivity index (χ2v) is 4.38. The van der Waals surface area contributed by atoms with Crippen LogP contribution in [0.1, 0.15) is 5.56 Å². The number of halogens is 2. The quantitative estimate of drug-likeness (QED) is 0.929. The van der Waals surface area contributed by atoms with E-state index in [9.17, 15) is 4.79 Å². The summed E-state index contributed by atoms with van der Waals surface area (Å²) in [5.74, 6) is -0.393. The van der Waals surface area contributed by atoms with Crippen molar-refractivity contribution < 1.29 is 4.79 Å². The lowest BCUT2D eigenvalue weighted by atomic mass is 10.1. The van der Waals surface area contributed by atoms with Crippen molar-refractivity contribution >= 4 is 29.1 Å². The summed E-state index contributed by atoms with van der Waals surface area (Å²) < 4.78 is 1.57. The Labute approximate surface area is 108 Å². The molecular formula is C11H9Cl2N3O. The number of carbonyl (C=O) groups excluding carboxylic acids is 1. The van der Waals surface area contributed by atoms with Crippen molar-refractivity contribution in [2.45, 2.75) is 6.42 Å². The molecule has 0 atom stereocenters. The van der Waals surface area contributed by atoms with E-state index >= 15 is 0 Å². The van der Waals surface area contributed by atoms with Crippen molar-refractivity contribution in [1.82, 2.24) is 9.78 Å². The fraction of sp³-hybridized carbons (Fsp3) is 0.0909. The highest BCUT2D eigenvalue weighted by atomic mass is 35.5. The zero-order valence-electron chi connectivity index (χ0n) is 8.73. The molecule has 0 aliphatic carbocycles. The van der Waals surface area contributed by atoms with Gasteiger partial charge in [-0.2, -0.15) is 5.10 Å². The van der Waals surface area contributed by atoms with E-state index in [1.807, 2.05) is 0 Å². The second-order valence-electron chi connectivity index (χ2n) is 3.53. The third-order valence-corrected chi connectivity index (χ3v) is 2.69. The number of nitrogens with two attached hydrogens (primary N) is 1. The van der Waals surface area contributed by atoms with E-state index in [1.54, 1.807) is 29.1 Å². The lowest BCUT2D eigenvalue weighted by Crippen LogP contribution is -2.13. The van der Waals surface area contributed by atoms with Crippen LogP contribution in [0.15, 0.2) is 30.6 Å². The molecule has 1 amide bonds. The molecule has 4 nitrogen and oxygen atoms in total. The molecule has 0 spiro atoms. The largest absolute Gasteiger partial charge is 0.369 e. The molecule has 0 radical (unpaired) electrons. The highest BCUT2D eigenvalue weighted by Crippen LogP contribution is 2.22. The minimum absolute atomic E-state index is 0.167. The van der Waals surface area contributed by atoms with E-state index in [4.69, 9.17) is 28.9 Å². The molecular weight excluding hydrogens is 261 g/mol. The predicted molar refractivity (Wildman–Crippen MR) is 66.5 cm³/mol. The Hall–Kier alpha value is -1.52. The molecule has 1 aromatic carbocycles. The average molecular weight is 270 g/mol. The molecule has 1 aromatic heterocycles. The molecule has 0 saturated carbocycles. The van der Waals surface area contributed by atoms with Gasteiger partial charge < -0.3 is 5.73 Å². The molecule has 0 bridgehead atoms. The van der Waals surface area contributed by atoms with Gasteiger partial charge in [-0.05, 0) is 17.7 Å². The predicted octanol–water partition coefficient (Wildman–Crippen LogP) is 2.21. The van der Waals surface area contributed by atoms with Gasteiger partial charge in [0.1, 0.15) is 0 Å². The van der Waals surface area contributed by atoms with Crippen molar-refractivity contribution in [2.75, 3.05) is 0 Å². The highest BCUT2D eigenvalue weighted by molar-refractivity contribution is 6.32. The number of primary amides is 1. The number of hydrogen-bond donors (Lipinski definition) is 1. The zero-order valence-corrected chi connectivity index (χ0v) is 10.2. The first-order valence-corrected chi connectivity index (χ1v) is 5.59. The normalized spacial score (nSPS) is 10.5. The van der Waals surface area contributed by atoms with Crippen LogP contribution in [0.4, 0.5) is 0 Å². The van der Waals surface area contributed by atoms with Crippen LogP contribution in [0.2, 0.25) is 10.0 Å². The number of hydrogen-bond acceptors (Lipinski definition) is 2. The zero-order chi connectivity index (χ0) is 12.4. The van der Waals surface area contributed by atoms with Gasteiger partial charge in [0.15, 0.2) is 0 Å². The number of amides is 1. The van der Waals surface area contributed by atoms with E-state index in [1.165, 1.54) is 6.20 Å². The number of aromatic nitrogens is 2. The van der Waals surface area contributed by atoms with Crippen LogP contribution < -0.4 is 5.73 Å². The molecule has 0 unspecified atom stereocenters. The Kier molecular flexibility index (Phi) is 3.36. The molecule has 2 N–H and O–H groups in total. The topological polar surface area (TPSA) is 60.9 Å². The van der Waals surface area contributed by atoms with E-state index in [0.717, 1.165) is 5.56 Å². The molecule has 2 aromatic rings. The van der Waals surface area contributed by atoms with Gasteiger partial charge in [0.2, 0.25) is 5.91 Å². The first kappa shape index (κ1) is 12.0. The highest BCUT2D eigenvalue weighted by Gasteiger charge is 2.07.